The van der Waals surface area contributed by atoms with E-state index in [1.165, 1.54) is 7.11 Å². The Hall–Kier alpha value is -0.870. The molecule has 76 valence electrons. The van der Waals surface area contributed by atoms with Crippen LogP contribution < -0.4 is 5.73 Å². The molecule has 0 aromatic heterocycles. The van der Waals surface area contributed by atoms with Crippen molar-refractivity contribution in [3.05, 3.63) is 33.8 Å². The van der Waals surface area contributed by atoms with Gasteiger partial charge in [-0.05, 0) is 24.1 Å². The van der Waals surface area contributed by atoms with Crippen LogP contribution in [0, 0.1) is 6.92 Å². The van der Waals surface area contributed by atoms with E-state index in [1.807, 2.05) is 19.1 Å². The first kappa shape index (κ1) is 11.2. The van der Waals surface area contributed by atoms with Crippen molar-refractivity contribution >= 4 is 21.9 Å². The van der Waals surface area contributed by atoms with Gasteiger partial charge in [0.05, 0.1) is 7.11 Å². The number of nitrogens with two attached hydrogens (primary N) is 1. The molecule has 0 spiro atoms. The normalized spacial score (nSPS) is 12.3. The molecule has 0 fully saturated rings. The second-order valence-electron chi connectivity index (χ2n) is 3.01. The number of hydrogen-bond acceptors (Lipinski definition) is 3. The number of hydrogen-bond donors (Lipinski definition) is 1. The number of rotatable bonds is 2. The Labute approximate surface area is 91.4 Å². The fourth-order valence-corrected chi connectivity index (χ4v) is 1.37. The van der Waals surface area contributed by atoms with E-state index in [2.05, 4.69) is 20.7 Å². The summed E-state index contributed by atoms with van der Waals surface area (Å²) >= 11 is 3.38. The summed E-state index contributed by atoms with van der Waals surface area (Å²) < 4.78 is 5.56. The van der Waals surface area contributed by atoms with E-state index >= 15 is 0 Å². The van der Waals surface area contributed by atoms with Crippen LogP contribution in [0.4, 0.5) is 0 Å². The minimum Gasteiger partial charge on any atom is -0.468 e. The second-order valence-corrected chi connectivity index (χ2v) is 3.86. The highest BCUT2D eigenvalue weighted by molar-refractivity contribution is 9.10. The number of aryl methyl sites for hydroxylation is 1. The predicted octanol–water partition coefficient (Wildman–Crippen LogP) is 1.93. The molecule has 1 aromatic carbocycles. The third-order valence-electron chi connectivity index (χ3n) is 2.00. The quantitative estimate of drug-likeness (QED) is 0.824. The highest BCUT2D eigenvalue weighted by Gasteiger charge is 2.16. The Kier molecular flexibility index (Phi) is 3.66. The van der Waals surface area contributed by atoms with Gasteiger partial charge in [0, 0.05) is 4.47 Å². The average Bonchev–Trinajstić information content (AvgIpc) is 2.20. The first-order chi connectivity index (χ1) is 6.56. The third-order valence-corrected chi connectivity index (χ3v) is 2.89. The number of methoxy groups -OCH3 is 1. The Balaban J connectivity index is 2.96. The monoisotopic (exact) mass is 257 g/mol. The molecule has 14 heavy (non-hydrogen) atoms. The SMILES string of the molecule is COC(=O)C(N)c1ccc(Br)c(C)c1. The summed E-state index contributed by atoms with van der Waals surface area (Å²) in [6.45, 7) is 1.94. The highest BCUT2D eigenvalue weighted by Crippen LogP contribution is 2.20. The van der Waals surface area contributed by atoms with Crippen LogP contribution in [0.25, 0.3) is 0 Å². The first-order valence-corrected chi connectivity index (χ1v) is 4.95. The molecular formula is C10H12BrNO2. The van der Waals surface area contributed by atoms with Crippen molar-refractivity contribution in [1.82, 2.24) is 0 Å². The zero-order valence-electron chi connectivity index (χ0n) is 8.08. The van der Waals surface area contributed by atoms with Gasteiger partial charge < -0.3 is 10.5 Å². The van der Waals surface area contributed by atoms with Gasteiger partial charge >= 0.3 is 5.97 Å². The van der Waals surface area contributed by atoms with Crippen molar-refractivity contribution in [3.8, 4) is 0 Å². The summed E-state index contributed by atoms with van der Waals surface area (Å²) in [4.78, 5) is 11.1. The molecule has 0 aliphatic carbocycles. The summed E-state index contributed by atoms with van der Waals surface area (Å²) in [5.74, 6) is -0.424. The Morgan fingerprint density at radius 2 is 2.21 bits per heavy atom. The molecule has 1 aromatic rings. The van der Waals surface area contributed by atoms with E-state index in [-0.39, 0.29) is 0 Å². The summed E-state index contributed by atoms with van der Waals surface area (Å²) in [5, 5.41) is 0. The van der Waals surface area contributed by atoms with Crippen LogP contribution in [-0.2, 0) is 9.53 Å². The number of carbonyl (C=O) groups is 1. The molecule has 0 aliphatic heterocycles. The van der Waals surface area contributed by atoms with Gasteiger partial charge in [-0.15, -0.1) is 0 Å². The van der Waals surface area contributed by atoms with Crippen molar-refractivity contribution in [3.63, 3.8) is 0 Å². The van der Waals surface area contributed by atoms with Crippen molar-refractivity contribution in [2.45, 2.75) is 13.0 Å². The van der Waals surface area contributed by atoms with Gasteiger partial charge in [-0.1, -0.05) is 28.1 Å². The fraction of sp³-hybridized carbons (Fsp3) is 0.300. The maximum Gasteiger partial charge on any atom is 0.327 e. The van der Waals surface area contributed by atoms with E-state index in [0.717, 1.165) is 15.6 Å². The van der Waals surface area contributed by atoms with Crippen LogP contribution in [0.15, 0.2) is 22.7 Å². The van der Waals surface area contributed by atoms with Gasteiger partial charge in [-0.3, -0.25) is 4.79 Å². The molecule has 0 amide bonds. The molecule has 0 bridgehead atoms. The Bertz CT molecular complexity index is 352. The molecule has 4 heteroatoms. The van der Waals surface area contributed by atoms with Crippen molar-refractivity contribution < 1.29 is 9.53 Å². The third kappa shape index (κ3) is 2.33. The summed E-state index contributed by atoms with van der Waals surface area (Å²) in [6.07, 6.45) is 0. The molecule has 0 heterocycles. The highest BCUT2D eigenvalue weighted by atomic mass is 79.9. The van der Waals surface area contributed by atoms with E-state index in [4.69, 9.17) is 5.73 Å². The van der Waals surface area contributed by atoms with Gasteiger partial charge in [-0.25, -0.2) is 0 Å². The van der Waals surface area contributed by atoms with Gasteiger partial charge in [0.15, 0.2) is 0 Å². The van der Waals surface area contributed by atoms with Crippen LogP contribution in [0.2, 0.25) is 0 Å². The van der Waals surface area contributed by atoms with Gasteiger partial charge in [-0.2, -0.15) is 0 Å². The van der Waals surface area contributed by atoms with Crippen molar-refractivity contribution in [1.29, 1.82) is 0 Å². The second kappa shape index (κ2) is 4.57. The number of benzene rings is 1. The molecule has 1 atom stereocenters. The van der Waals surface area contributed by atoms with E-state index < -0.39 is 12.0 Å². The van der Waals surface area contributed by atoms with Crippen molar-refractivity contribution in [2.24, 2.45) is 5.73 Å². The largest absolute Gasteiger partial charge is 0.468 e. The Morgan fingerprint density at radius 3 is 2.71 bits per heavy atom. The van der Waals surface area contributed by atoms with Crippen LogP contribution in [-0.4, -0.2) is 13.1 Å². The molecule has 0 radical (unpaired) electrons. The Morgan fingerprint density at radius 1 is 1.57 bits per heavy atom. The lowest BCUT2D eigenvalue weighted by Gasteiger charge is -2.10. The summed E-state index contributed by atoms with van der Waals surface area (Å²) in [7, 11) is 1.33. The molecule has 0 aliphatic rings. The maximum absolute atomic E-state index is 11.1. The topological polar surface area (TPSA) is 52.3 Å². The standard InChI is InChI=1S/C10H12BrNO2/c1-6-5-7(3-4-8(6)11)9(12)10(13)14-2/h3-5,9H,12H2,1-2H3. The molecule has 2 N–H and O–H groups in total. The van der Waals surface area contributed by atoms with Crippen LogP contribution in [0.5, 0.6) is 0 Å². The van der Waals surface area contributed by atoms with E-state index in [9.17, 15) is 4.79 Å². The smallest absolute Gasteiger partial charge is 0.327 e. The van der Waals surface area contributed by atoms with Crippen LogP contribution in [0.1, 0.15) is 17.2 Å². The van der Waals surface area contributed by atoms with Gasteiger partial charge in [0.2, 0.25) is 0 Å². The number of esters is 1. The average molecular weight is 258 g/mol. The molecular weight excluding hydrogens is 246 g/mol. The zero-order chi connectivity index (χ0) is 10.7. The fourth-order valence-electron chi connectivity index (χ4n) is 1.12. The van der Waals surface area contributed by atoms with Crippen molar-refractivity contribution in [2.75, 3.05) is 7.11 Å². The van der Waals surface area contributed by atoms with Gasteiger partial charge in [0.25, 0.3) is 0 Å². The molecule has 1 rings (SSSR count). The summed E-state index contributed by atoms with van der Waals surface area (Å²) in [6, 6.07) is 4.84. The van der Waals surface area contributed by atoms with E-state index in [1.54, 1.807) is 6.07 Å². The number of halogens is 1. The summed E-state index contributed by atoms with van der Waals surface area (Å²) in [5.41, 5.74) is 7.48. The lowest BCUT2D eigenvalue weighted by molar-refractivity contribution is -0.142. The molecule has 0 saturated heterocycles. The zero-order valence-corrected chi connectivity index (χ0v) is 9.67. The molecule has 1 unspecified atom stereocenters. The lowest BCUT2D eigenvalue weighted by atomic mass is 10.1. The minimum absolute atomic E-state index is 0.424. The molecule has 0 saturated carbocycles. The van der Waals surface area contributed by atoms with E-state index in [0.29, 0.717) is 0 Å². The van der Waals surface area contributed by atoms with Crippen LogP contribution >= 0.6 is 15.9 Å². The first-order valence-electron chi connectivity index (χ1n) is 4.15. The minimum atomic E-state index is -0.702. The van der Waals surface area contributed by atoms with Gasteiger partial charge in [0.1, 0.15) is 6.04 Å². The maximum atomic E-state index is 11.1. The molecule has 3 nitrogen and oxygen atoms in total. The number of ether oxygens (including phenoxy) is 1. The number of carbonyl (C=O) groups excluding carboxylic acids is 1. The van der Waals surface area contributed by atoms with Crippen LogP contribution in [0.3, 0.4) is 0 Å². The predicted molar refractivity (Wildman–Crippen MR) is 57.8 cm³/mol. The lowest BCUT2D eigenvalue weighted by Crippen LogP contribution is -2.22.